The fraction of sp³-hybridized carbons (Fsp3) is 0.857. The van der Waals surface area contributed by atoms with Crippen LogP contribution in [-0.2, 0) is 24.1 Å². The Hall–Kier alpha value is -1.31. The molecular formula is C14H25NO6S. The van der Waals surface area contributed by atoms with Crippen LogP contribution in [0.4, 0.5) is 4.79 Å². The van der Waals surface area contributed by atoms with Crippen molar-refractivity contribution in [2.75, 3.05) is 25.2 Å². The summed E-state index contributed by atoms with van der Waals surface area (Å²) < 4.78 is 33.3. The molecule has 1 rings (SSSR count). The molecule has 0 saturated carbocycles. The first-order valence-electron chi connectivity index (χ1n) is 7.26. The molecule has 2 atom stereocenters. The lowest BCUT2D eigenvalue weighted by Crippen LogP contribution is -2.42. The topological polar surface area (TPSA) is 98.8 Å². The number of amides is 1. The standard InChI is InChI=1S/C14H25NO6S/c1-14(2,3)21-13(17)15-8-11-9-22(18,19)6-5-10(11)7-12(16)20-4/h10-11H,5-9H2,1-4H3,(H,15,17)/t10-,11+/m0/s1. The Morgan fingerprint density at radius 3 is 2.41 bits per heavy atom. The molecule has 22 heavy (non-hydrogen) atoms. The van der Waals surface area contributed by atoms with Crippen molar-refractivity contribution < 1.29 is 27.5 Å². The van der Waals surface area contributed by atoms with Crippen LogP contribution in [0.5, 0.6) is 0 Å². The van der Waals surface area contributed by atoms with Gasteiger partial charge in [-0.2, -0.15) is 0 Å². The first-order valence-corrected chi connectivity index (χ1v) is 9.08. The molecule has 0 aliphatic carbocycles. The van der Waals surface area contributed by atoms with Gasteiger partial charge in [0.15, 0.2) is 9.84 Å². The molecule has 1 saturated heterocycles. The maximum absolute atomic E-state index is 11.8. The van der Waals surface area contributed by atoms with Gasteiger partial charge in [0.2, 0.25) is 0 Å². The Morgan fingerprint density at radius 2 is 1.86 bits per heavy atom. The molecule has 1 N–H and O–H groups in total. The molecule has 0 bridgehead atoms. The number of rotatable bonds is 4. The Morgan fingerprint density at radius 1 is 1.23 bits per heavy atom. The molecular weight excluding hydrogens is 310 g/mol. The summed E-state index contributed by atoms with van der Waals surface area (Å²) >= 11 is 0. The molecule has 0 aromatic carbocycles. The Balaban J connectivity index is 2.64. The van der Waals surface area contributed by atoms with Gasteiger partial charge in [-0.1, -0.05) is 0 Å². The van der Waals surface area contributed by atoms with Crippen molar-refractivity contribution in [2.24, 2.45) is 11.8 Å². The van der Waals surface area contributed by atoms with E-state index in [2.05, 4.69) is 10.1 Å². The molecule has 1 aliphatic rings. The number of carbonyl (C=O) groups excluding carboxylic acids is 2. The second kappa shape index (κ2) is 7.30. The molecule has 1 fully saturated rings. The Kier molecular flexibility index (Phi) is 6.22. The molecule has 1 aliphatic heterocycles. The van der Waals surface area contributed by atoms with Crippen molar-refractivity contribution in [3.63, 3.8) is 0 Å². The number of sulfone groups is 1. The number of methoxy groups -OCH3 is 1. The van der Waals surface area contributed by atoms with Crippen LogP contribution in [0.3, 0.4) is 0 Å². The highest BCUT2D eigenvalue weighted by atomic mass is 32.2. The van der Waals surface area contributed by atoms with Gasteiger partial charge in [-0.15, -0.1) is 0 Å². The largest absolute Gasteiger partial charge is 0.469 e. The van der Waals surface area contributed by atoms with Crippen LogP contribution in [0.2, 0.25) is 0 Å². The van der Waals surface area contributed by atoms with Crippen molar-refractivity contribution >= 4 is 21.9 Å². The number of carbonyl (C=O) groups is 2. The second-order valence-corrected chi connectivity index (χ2v) is 8.81. The number of hydrogen-bond acceptors (Lipinski definition) is 6. The summed E-state index contributed by atoms with van der Waals surface area (Å²) in [5.74, 6) is -0.773. The van der Waals surface area contributed by atoms with Crippen LogP contribution in [-0.4, -0.2) is 51.2 Å². The third-order valence-electron chi connectivity index (χ3n) is 3.50. The minimum atomic E-state index is -3.13. The van der Waals surface area contributed by atoms with Crippen LogP contribution < -0.4 is 5.32 Å². The lowest BCUT2D eigenvalue weighted by Gasteiger charge is -2.31. The molecule has 8 heteroatoms. The van der Waals surface area contributed by atoms with Crippen molar-refractivity contribution in [2.45, 2.75) is 39.2 Å². The monoisotopic (exact) mass is 335 g/mol. The second-order valence-electron chi connectivity index (χ2n) is 6.59. The zero-order valence-corrected chi connectivity index (χ0v) is 14.4. The van der Waals surface area contributed by atoms with Gasteiger partial charge in [-0.25, -0.2) is 13.2 Å². The lowest BCUT2D eigenvalue weighted by molar-refractivity contribution is -0.142. The summed E-state index contributed by atoms with van der Waals surface area (Å²) in [7, 11) is -1.83. The number of nitrogens with one attached hydrogen (secondary N) is 1. The van der Waals surface area contributed by atoms with Crippen molar-refractivity contribution in [3.05, 3.63) is 0 Å². The summed E-state index contributed by atoms with van der Waals surface area (Å²) in [6.45, 7) is 5.41. The van der Waals surface area contributed by atoms with Crippen molar-refractivity contribution in [1.29, 1.82) is 0 Å². The quantitative estimate of drug-likeness (QED) is 0.773. The molecule has 7 nitrogen and oxygen atoms in total. The van der Waals surface area contributed by atoms with Crippen molar-refractivity contribution in [1.82, 2.24) is 5.32 Å². The van der Waals surface area contributed by atoms with Gasteiger partial charge in [-0.05, 0) is 39.0 Å². The first-order chi connectivity index (χ1) is 10.0. The average Bonchev–Trinajstić information content (AvgIpc) is 2.36. The van der Waals surface area contributed by atoms with E-state index < -0.39 is 21.5 Å². The summed E-state index contributed by atoms with van der Waals surface area (Å²) in [4.78, 5) is 23.1. The third-order valence-corrected chi connectivity index (χ3v) is 5.29. The van der Waals surface area contributed by atoms with Gasteiger partial charge in [-0.3, -0.25) is 4.79 Å². The molecule has 0 aromatic heterocycles. The Labute approximate surface area is 131 Å². The maximum Gasteiger partial charge on any atom is 0.407 e. The zero-order valence-electron chi connectivity index (χ0n) is 13.5. The summed E-state index contributed by atoms with van der Waals surface area (Å²) in [6.07, 6.45) is -0.0302. The number of ether oxygens (including phenoxy) is 2. The van der Waals surface area contributed by atoms with Crippen LogP contribution in [0, 0.1) is 11.8 Å². The summed E-state index contributed by atoms with van der Waals surface area (Å²) in [6, 6.07) is 0. The summed E-state index contributed by atoms with van der Waals surface area (Å²) in [5, 5.41) is 2.59. The smallest absolute Gasteiger partial charge is 0.407 e. The van der Waals surface area contributed by atoms with Crippen LogP contribution in [0.15, 0.2) is 0 Å². The van der Waals surface area contributed by atoms with Gasteiger partial charge in [0.25, 0.3) is 0 Å². The van der Waals surface area contributed by atoms with E-state index in [-0.39, 0.29) is 42.3 Å². The zero-order chi connectivity index (χ0) is 17.0. The molecule has 128 valence electrons. The number of esters is 1. The van der Waals surface area contributed by atoms with Gasteiger partial charge in [0.05, 0.1) is 18.6 Å². The molecule has 1 amide bonds. The van der Waals surface area contributed by atoms with E-state index in [9.17, 15) is 18.0 Å². The maximum atomic E-state index is 11.8. The Bertz CT molecular complexity index is 508. The van der Waals surface area contributed by atoms with E-state index in [1.165, 1.54) is 7.11 Å². The SMILES string of the molecule is COC(=O)C[C@@H]1CCS(=O)(=O)C[C@H]1CNC(=O)OC(C)(C)C. The third kappa shape index (κ3) is 6.64. The number of alkyl carbamates (subject to hydrolysis) is 1. The highest BCUT2D eigenvalue weighted by Gasteiger charge is 2.35. The van der Waals surface area contributed by atoms with E-state index in [1.54, 1.807) is 20.8 Å². The van der Waals surface area contributed by atoms with Crippen LogP contribution >= 0.6 is 0 Å². The molecule has 0 spiro atoms. The number of hydrogen-bond donors (Lipinski definition) is 1. The molecule has 0 unspecified atom stereocenters. The summed E-state index contributed by atoms with van der Waals surface area (Å²) in [5.41, 5.74) is -0.617. The predicted molar refractivity (Wildman–Crippen MR) is 81.1 cm³/mol. The van der Waals surface area contributed by atoms with E-state index in [1.807, 2.05) is 0 Å². The van der Waals surface area contributed by atoms with E-state index in [4.69, 9.17) is 4.74 Å². The molecule has 1 heterocycles. The van der Waals surface area contributed by atoms with Gasteiger partial charge in [0, 0.05) is 13.0 Å². The fourth-order valence-electron chi connectivity index (χ4n) is 2.43. The average molecular weight is 335 g/mol. The van der Waals surface area contributed by atoms with Crippen molar-refractivity contribution in [3.8, 4) is 0 Å². The molecule has 0 aromatic rings. The van der Waals surface area contributed by atoms with E-state index >= 15 is 0 Å². The molecule has 0 radical (unpaired) electrons. The van der Waals surface area contributed by atoms with Gasteiger partial charge in [0.1, 0.15) is 5.60 Å². The van der Waals surface area contributed by atoms with E-state index in [0.29, 0.717) is 6.42 Å². The van der Waals surface area contributed by atoms with Gasteiger partial charge < -0.3 is 14.8 Å². The fourth-order valence-corrected chi connectivity index (χ4v) is 4.30. The van der Waals surface area contributed by atoms with Crippen LogP contribution in [0.25, 0.3) is 0 Å². The highest BCUT2D eigenvalue weighted by molar-refractivity contribution is 7.91. The lowest BCUT2D eigenvalue weighted by atomic mass is 9.88. The van der Waals surface area contributed by atoms with Crippen LogP contribution in [0.1, 0.15) is 33.6 Å². The van der Waals surface area contributed by atoms with E-state index in [0.717, 1.165) is 0 Å². The van der Waals surface area contributed by atoms with Gasteiger partial charge >= 0.3 is 12.1 Å². The highest BCUT2D eigenvalue weighted by Crippen LogP contribution is 2.28. The minimum Gasteiger partial charge on any atom is -0.469 e. The predicted octanol–water partition coefficient (Wildman–Crippen LogP) is 1.13. The minimum absolute atomic E-state index is 0.0372. The normalized spacial score (nSPS) is 24.4. The first kappa shape index (κ1) is 18.7.